The van der Waals surface area contributed by atoms with Crippen LogP contribution in [0.2, 0.25) is 0 Å². The number of azide groups is 1. The summed E-state index contributed by atoms with van der Waals surface area (Å²) in [5.74, 6) is -5.39. The summed E-state index contributed by atoms with van der Waals surface area (Å²) >= 11 is 0. The quantitative estimate of drug-likeness (QED) is 0.133. The minimum absolute atomic E-state index is 0.0218. The number of hydrogen-bond donors (Lipinski definition) is 1. The number of aliphatic hydroxyl groups is 1. The number of rotatable bonds is 8. The molecule has 1 N–H and O–H groups in total. The van der Waals surface area contributed by atoms with E-state index in [1.54, 1.807) is 27.7 Å². The molecule has 1 unspecified atom stereocenters. The number of likely N-dealkylation sites (N-methyl/N-ethyl adjacent to an activating group) is 1. The molecule has 1 saturated heterocycles. The Morgan fingerprint density at radius 3 is 2.35 bits per heavy atom. The van der Waals surface area contributed by atoms with Gasteiger partial charge >= 0.3 is 11.9 Å². The second kappa shape index (κ2) is 16.3. The molecule has 2 aliphatic heterocycles. The summed E-state index contributed by atoms with van der Waals surface area (Å²) in [7, 11) is 5.13. The fourth-order valence-electron chi connectivity index (χ4n) is 6.49. The summed E-state index contributed by atoms with van der Waals surface area (Å²) in [5, 5.41) is 14.9. The number of esters is 2. The Kier molecular flexibility index (Phi) is 13.9. The largest absolute Gasteiger partial charge is 0.458 e. The molecule has 0 amide bonds. The monoisotopic (exact) mass is 652 g/mol. The van der Waals surface area contributed by atoms with Crippen LogP contribution in [0.4, 0.5) is 0 Å². The maximum Gasteiger partial charge on any atom is 0.316 e. The van der Waals surface area contributed by atoms with Gasteiger partial charge in [0.1, 0.15) is 17.6 Å². The number of carbonyl (C=O) groups is 4. The molecule has 2 rings (SSSR count). The standard InChI is InChI=1S/C32H52N4O10/c1-12-24-31(7,41)15-22(16-34-35-33)25(38)17(2)14-32(8,42-11)28(19(4)26(39)20(5)29(40)45-24)46-30-27(44-21(6)37)23(36(9)10)13-18(3)43-30/h15,17-20,23-24,27-28,30,41H,12-14,16H2,1-11H3/t17-,18-,19+,20-,23+,24-,27-,28-,30?,31+,32+/m1/s1. The molecule has 0 aromatic rings. The molecule has 260 valence electrons. The lowest BCUT2D eigenvalue weighted by Crippen LogP contribution is -2.60. The number of nitrogens with zero attached hydrogens (tertiary/aromatic N) is 4. The van der Waals surface area contributed by atoms with Crippen LogP contribution in [0.15, 0.2) is 16.8 Å². The van der Waals surface area contributed by atoms with Crippen molar-refractivity contribution in [1.29, 1.82) is 0 Å². The molecule has 11 atom stereocenters. The molecule has 14 nitrogen and oxygen atoms in total. The molecule has 14 heteroatoms. The van der Waals surface area contributed by atoms with Crippen molar-refractivity contribution in [3.05, 3.63) is 22.1 Å². The van der Waals surface area contributed by atoms with Crippen molar-refractivity contribution in [3.8, 4) is 0 Å². The van der Waals surface area contributed by atoms with E-state index in [-0.39, 0.29) is 37.1 Å². The highest BCUT2D eigenvalue weighted by Gasteiger charge is 2.50. The summed E-state index contributed by atoms with van der Waals surface area (Å²) in [6.45, 7) is 12.3. The molecule has 0 radical (unpaired) electrons. The third kappa shape index (κ3) is 9.36. The van der Waals surface area contributed by atoms with Crippen LogP contribution in [-0.4, -0.2) is 109 Å². The fraction of sp³-hybridized carbons (Fsp3) is 0.812. The summed E-state index contributed by atoms with van der Waals surface area (Å²) in [6, 6.07) is -0.280. The molecule has 2 aliphatic rings. The molecule has 0 saturated carbocycles. The van der Waals surface area contributed by atoms with Crippen molar-refractivity contribution in [2.24, 2.45) is 22.9 Å². The zero-order valence-corrected chi connectivity index (χ0v) is 29.0. The van der Waals surface area contributed by atoms with Crippen molar-refractivity contribution >= 4 is 23.5 Å². The average molecular weight is 653 g/mol. The Balaban J connectivity index is 2.75. The first-order valence-corrected chi connectivity index (χ1v) is 15.8. The van der Waals surface area contributed by atoms with Crippen LogP contribution in [0.25, 0.3) is 10.4 Å². The van der Waals surface area contributed by atoms with Crippen molar-refractivity contribution in [2.45, 2.75) is 123 Å². The number of Topliss-reactive ketones (excluding diaryl/α,β-unsaturated/α-hetero) is 2. The Morgan fingerprint density at radius 1 is 1.20 bits per heavy atom. The molecule has 2 heterocycles. The van der Waals surface area contributed by atoms with Crippen LogP contribution in [0.5, 0.6) is 0 Å². The van der Waals surface area contributed by atoms with Crippen LogP contribution in [-0.2, 0) is 42.9 Å². The van der Waals surface area contributed by atoms with E-state index in [0.717, 1.165) is 0 Å². The van der Waals surface area contributed by atoms with Crippen molar-refractivity contribution in [1.82, 2.24) is 4.90 Å². The van der Waals surface area contributed by atoms with E-state index in [1.807, 2.05) is 25.9 Å². The first-order chi connectivity index (χ1) is 21.3. The number of cyclic esters (lactones) is 1. The molecule has 0 bridgehead atoms. The molecule has 0 aliphatic carbocycles. The molecule has 0 aromatic carbocycles. The zero-order valence-electron chi connectivity index (χ0n) is 29.0. The highest BCUT2D eigenvalue weighted by atomic mass is 16.7. The van der Waals surface area contributed by atoms with Gasteiger partial charge in [0.25, 0.3) is 0 Å². The lowest BCUT2D eigenvalue weighted by atomic mass is 9.76. The Labute approximate surface area is 271 Å². The SMILES string of the molecule is CC[C@H]1OC(=O)[C@H](C)C(=O)[C@H](C)[C@@H](OC2O[C@H](C)C[C@H](N(C)C)[C@H]2OC(C)=O)[C@@](C)(OC)C[C@@H](C)C(=O)C(CN=[N+]=[N-])=C[C@]1(C)O. The molecular weight excluding hydrogens is 600 g/mol. The summed E-state index contributed by atoms with van der Waals surface area (Å²) in [4.78, 5) is 58.1. The second-order valence-electron chi connectivity index (χ2n) is 13.2. The van der Waals surface area contributed by atoms with Crippen molar-refractivity contribution in [3.63, 3.8) is 0 Å². The minimum Gasteiger partial charge on any atom is -0.458 e. The van der Waals surface area contributed by atoms with E-state index in [2.05, 4.69) is 10.0 Å². The zero-order chi connectivity index (χ0) is 35.1. The van der Waals surface area contributed by atoms with Gasteiger partial charge in [-0.05, 0) is 72.7 Å². The van der Waals surface area contributed by atoms with Crippen molar-refractivity contribution < 1.29 is 48.0 Å². The van der Waals surface area contributed by atoms with Gasteiger partial charge in [-0.3, -0.25) is 19.2 Å². The predicted molar refractivity (Wildman–Crippen MR) is 167 cm³/mol. The first kappa shape index (κ1) is 39.3. The van der Waals surface area contributed by atoms with Gasteiger partial charge in [0.05, 0.1) is 30.4 Å². The lowest BCUT2D eigenvalue weighted by molar-refractivity contribution is -0.297. The van der Waals surface area contributed by atoms with Crippen LogP contribution < -0.4 is 0 Å². The number of hydrogen-bond acceptors (Lipinski definition) is 12. The van der Waals surface area contributed by atoms with Gasteiger partial charge in [-0.25, -0.2) is 0 Å². The molecule has 0 aromatic heterocycles. The van der Waals surface area contributed by atoms with Crippen molar-refractivity contribution in [2.75, 3.05) is 27.7 Å². The maximum atomic E-state index is 14.0. The van der Waals surface area contributed by atoms with E-state index in [9.17, 15) is 24.3 Å². The first-order valence-electron chi connectivity index (χ1n) is 15.8. The lowest BCUT2D eigenvalue weighted by Gasteiger charge is -2.47. The predicted octanol–water partition coefficient (Wildman–Crippen LogP) is 3.53. The van der Waals surface area contributed by atoms with Gasteiger partial charge in [-0.2, -0.15) is 0 Å². The Hall–Kier alpha value is -2.87. The second-order valence-corrected chi connectivity index (χ2v) is 13.2. The van der Waals surface area contributed by atoms with E-state index in [0.29, 0.717) is 6.42 Å². The average Bonchev–Trinajstić information content (AvgIpc) is 2.98. The fourth-order valence-corrected chi connectivity index (χ4v) is 6.49. The number of methoxy groups -OCH3 is 1. The highest BCUT2D eigenvalue weighted by Crippen LogP contribution is 2.38. The molecule has 0 spiro atoms. The van der Waals surface area contributed by atoms with E-state index < -0.39 is 77.1 Å². The third-order valence-corrected chi connectivity index (χ3v) is 9.11. The number of ether oxygens (including phenoxy) is 5. The molecular formula is C32H52N4O10. The molecule has 46 heavy (non-hydrogen) atoms. The van der Waals surface area contributed by atoms with E-state index in [1.165, 1.54) is 34.0 Å². The number of carbonyl (C=O) groups excluding carboxylic acids is 4. The summed E-state index contributed by atoms with van der Waals surface area (Å²) in [6.07, 6.45) is -2.53. The topological polar surface area (TPSA) is 187 Å². The number of ketones is 2. The smallest absolute Gasteiger partial charge is 0.316 e. The van der Waals surface area contributed by atoms with Crippen LogP contribution >= 0.6 is 0 Å². The van der Waals surface area contributed by atoms with Gasteiger partial charge < -0.3 is 33.7 Å². The van der Waals surface area contributed by atoms with E-state index in [4.69, 9.17) is 29.2 Å². The highest BCUT2D eigenvalue weighted by molar-refractivity contribution is 6.00. The maximum absolute atomic E-state index is 14.0. The van der Waals surface area contributed by atoms with Gasteiger partial charge in [-0.15, -0.1) is 0 Å². The molecule has 1 fully saturated rings. The minimum atomic E-state index is -1.82. The van der Waals surface area contributed by atoms with Gasteiger partial charge in [0.15, 0.2) is 24.0 Å². The normalized spacial score (nSPS) is 38.3. The van der Waals surface area contributed by atoms with Gasteiger partial charge in [-0.1, -0.05) is 25.9 Å². The van der Waals surface area contributed by atoms with Crippen LogP contribution in [0.1, 0.15) is 74.7 Å². The van der Waals surface area contributed by atoms with Gasteiger partial charge in [0.2, 0.25) is 0 Å². The van der Waals surface area contributed by atoms with Crippen LogP contribution in [0, 0.1) is 17.8 Å². The Bertz CT molecular complexity index is 1200. The summed E-state index contributed by atoms with van der Waals surface area (Å²) < 4.78 is 30.2. The van der Waals surface area contributed by atoms with Gasteiger partial charge in [0, 0.05) is 36.4 Å². The van der Waals surface area contributed by atoms with Crippen LogP contribution in [0.3, 0.4) is 0 Å². The third-order valence-electron chi connectivity index (χ3n) is 9.11. The van der Waals surface area contributed by atoms with E-state index >= 15 is 0 Å². The summed E-state index contributed by atoms with van der Waals surface area (Å²) in [5.41, 5.74) is 5.88. The Morgan fingerprint density at radius 2 is 1.83 bits per heavy atom.